The van der Waals surface area contributed by atoms with Crippen molar-refractivity contribution in [2.24, 2.45) is 23.5 Å². The van der Waals surface area contributed by atoms with Gasteiger partial charge in [0.2, 0.25) is 0 Å². The first-order chi connectivity index (χ1) is 27.6. The molecular formula is C44H68FN5O9. The minimum Gasteiger partial charge on any atom is -0.456 e. The second-order valence-electron chi connectivity index (χ2n) is 18.0. The third-order valence-electron chi connectivity index (χ3n) is 13.5. The second-order valence-corrected chi connectivity index (χ2v) is 18.0. The van der Waals surface area contributed by atoms with E-state index in [0.717, 1.165) is 23.4 Å². The molecule has 330 valence electrons. The minimum atomic E-state index is -3.15. The highest BCUT2D eigenvalue weighted by molar-refractivity contribution is 6.07. The van der Waals surface area contributed by atoms with E-state index in [1.54, 1.807) is 32.0 Å². The van der Waals surface area contributed by atoms with E-state index in [-0.39, 0.29) is 24.5 Å². The number of nitrogens with two attached hydrogens (primary N) is 1. The molecule has 2 unspecified atom stereocenters. The largest absolute Gasteiger partial charge is 0.456 e. The van der Waals surface area contributed by atoms with E-state index in [4.69, 9.17) is 29.4 Å². The number of Topliss-reactive ketones (excluding diaryl/α,β-unsaturated/α-hetero) is 1. The molecule has 0 bridgehead atoms. The number of hydrogen-bond acceptors (Lipinski definition) is 13. The summed E-state index contributed by atoms with van der Waals surface area (Å²) in [5.41, 5.74) is 3.27. The molecule has 15 heteroatoms. The van der Waals surface area contributed by atoms with Crippen molar-refractivity contribution in [1.29, 1.82) is 0 Å². The zero-order valence-electron chi connectivity index (χ0n) is 37.0. The first kappa shape index (κ1) is 46.8. The van der Waals surface area contributed by atoms with Crippen LogP contribution in [0.15, 0.2) is 36.5 Å². The number of hydrogen-bond donors (Lipinski definition) is 2. The van der Waals surface area contributed by atoms with Crippen LogP contribution in [0.3, 0.4) is 0 Å². The van der Waals surface area contributed by atoms with Gasteiger partial charge in [-0.15, -0.1) is 0 Å². The number of fused-ring (bicyclic) bond motifs is 2. The van der Waals surface area contributed by atoms with Crippen molar-refractivity contribution in [3.8, 4) is 0 Å². The van der Waals surface area contributed by atoms with Crippen LogP contribution >= 0.6 is 0 Å². The maximum absolute atomic E-state index is 16.9. The predicted octanol–water partition coefficient (Wildman–Crippen LogP) is 5.07. The SMILES string of the molecule is CCN(CCCc1cccc2cccnc12)N1C(=O)O[C@]2(C)[C@@H](C)OC(=O)C(C)(F)C(=O)[C@H](C)[C@@H](O[C@@H]3O[C@H](C)C[C@H](N(C)C)[C@H]3O)[C@@](C)(OC)C[C@@H](C)C(N)[C@H](C)[C@@H]12. The molecule has 1 aromatic carbocycles. The Morgan fingerprint density at radius 3 is 2.39 bits per heavy atom. The Morgan fingerprint density at radius 1 is 1.07 bits per heavy atom. The molecule has 5 rings (SSSR count). The molecule has 3 fully saturated rings. The number of carbonyl (C=O) groups is 3. The Hall–Kier alpha value is -3.31. The normalized spacial score (nSPS) is 39.0. The highest BCUT2D eigenvalue weighted by Gasteiger charge is 2.62. The summed E-state index contributed by atoms with van der Waals surface area (Å²) in [5.74, 6) is -4.65. The summed E-state index contributed by atoms with van der Waals surface area (Å²) in [6.07, 6.45) is -1.79. The number of aliphatic hydroxyl groups is 1. The van der Waals surface area contributed by atoms with Gasteiger partial charge in [-0.1, -0.05) is 52.0 Å². The number of esters is 1. The molecular weight excluding hydrogens is 762 g/mol. The van der Waals surface area contributed by atoms with E-state index in [1.807, 2.05) is 76.0 Å². The lowest BCUT2D eigenvalue weighted by Gasteiger charge is -2.48. The summed E-state index contributed by atoms with van der Waals surface area (Å²) in [7, 11) is 5.17. The fourth-order valence-corrected chi connectivity index (χ4v) is 9.71. The van der Waals surface area contributed by atoms with Gasteiger partial charge in [0.15, 0.2) is 17.7 Å². The van der Waals surface area contributed by atoms with Crippen LogP contribution < -0.4 is 5.73 Å². The van der Waals surface area contributed by atoms with E-state index in [1.165, 1.54) is 14.0 Å². The molecule has 0 aliphatic carbocycles. The first-order valence-electron chi connectivity index (χ1n) is 21.1. The number of likely N-dealkylation sites (N-methyl/N-ethyl adjacent to an activating group) is 1. The molecule has 59 heavy (non-hydrogen) atoms. The van der Waals surface area contributed by atoms with Crippen LogP contribution in [0.4, 0.5) is 9.18 Å². The van der Waals surface area contributed by atoms with Gasteiger partial charge in [-0.05, 0) is 97.9 Å². The highest BCUT2D eigenvalue weighted by Crippen LogP contribution is 2.44. The Labute approximate surface area is 349 Å². The van der Waals surface area contributed by atoms with Crippen molar-refractivity contribution in [1.82, 2.24) is 19.9 Å². The Kier molecular flexibility index (Phi) is 14.5. The number of ether oxygens (including phenoxy) is 5. The Balaban J connectivity index is 1.51. The molecule has 14 nitrogen and oxygen atoms in total. The number of benzene rings is 1. The van der Waals surface area contributed by atoms with Crippen LogP contribution in [-0.2, 0) is 39.7 Å². The van der Waals surface area contributed by atoms with Crippen molar-refractivity contribution in [2.45, 2.75) is 154 Å². The number of cyclic esters (lactones) is 1. The van der Waals surface area contributed by atoms with E-state index in [9.17, 15) is 19.5 Å². The van der Waals surface area contributed by atoms with Crippen molar-refractivity contribution in [2.75, 3.05) is 34.3 Å². The van der Waals surface area contributed by atoms with E-state index >= 15 is 4.39 Å². The maximum Gasteiger partial charge on any atom is 0.425 e. The van der Waals surface area contributed by atoms with Gasteiger partial charge in [0.1, 0.15) is 12.2 Å². The molecule has 1 aromatic heterocycles. The van der Waals surface area contributed by atoms with Gasteiger partial charge in [0.25, 0.3) is 5.67 Å². The summed E-state index contributed by atoms with van der Waals surface area (Å²) in [6, 6.07) is 8.31. The molecule has 1 amide bonds. The quantitative estimate of drug-likeness (QED) is 0.241. The standard InChI is InChI=1S/C44H68FN5O9/c1-13-49(22-16-20-31-18-14-17-30-19-15-21-47-34(30)31)50-36-27(4)33(46)25(2)24-42(7,55-12)38(58-39-35(51)32(48(10)11)23-26(3)56-39)28(5)37(52)43(8,45)40(53)57-29(6)44(36,9)59-41(50)54/h14-15,17-19,21,25-29,32-33,35-36,38-39,51H,13,16,20,22-24,46H2,1-12H3/t25-,26-,27+,28+,29-,32+,33?,35-,36-,38-,39+,42+,43?,44-/m1/s1. The van der Waals surface area contributed by atoms with E-state index < -0.39 is 83.2 Å². The van der Waals surface area contributed by atoms with Crippen LogP contribution in [0.25, 0.3) is 10.9 Å². The molecule has 14 atom stereocenters. The Bertz CT molecular complexity index is 1800. The van der Waals surface area contributed by atoms with Gasteiger partial charge in [0, 0.05) is 49.8 Å². The summed E-state index contributed by atoms with van der Waals surface area (Å²) < 4.78 is 47.8. The number of nitrogens with zero attached hydrogens (tertiary/aromatic N) is 4. The molecule has 3 aliphatic rings. The molecule has 0 spiro atoms. The molecule has 0 saturated carbocycles. The average Bonchev–Trinajstić information content (AvgIpc) is 3.47. The fourth-order valence-electron chi connectivity index (χ4n) is 9.71. The average molecular weight is 830 g/mol. The second kappa shape index (κ2) is 18.3. The predicted molar refractivity (Wildman–Crippen MR) is 221 cm³/mol. The smallest absolute Gasteiger partial charge is 0.425 e. The summed E-state index contributed by atoms with van der Waals surface area (Å²) >= 11 is 0. The van der Waals surface area contributed by atoms with E-state index in [2.05, 4.69) is 11.1 Å². The molecule has 2 aromatic rings. The van der Waals surface area contributed by atoms with Crippen LogP contribution in [0, 0.1) is 17.8 Å². The fraction of sp³-hybridized carbons (Fsp3) is 0.727. The molecule has 3 saturated heterocycles. The lowest BCUT2D eigenvalue weighted by molar-refractivity contribution is -0.296. The summed E-state index contributed by atoms with van der Waals surface area (Å²) in [5, 5.41) is 16.0. The lowest BCUT2D eigenvalue weighted by atomic mass is 9.72. The van der Waals surface area contributed by atoms with Gasteiger partial charge in [0.05, 0.1) is 29.4 Å². The molecule has 3 aliphatic heterocycles. The molecule has 0 radical (unpaired) electrons. The number of pyridine rings is 1. The summed E-state index contributed by atoms with van der Waals surface area (Å²) in [6.45, 7) is 16.0. The number of aromatic nitrogens is 1. The van der Waals surface area contributed by atoms with Crippen molar-refractivity contribution in [3.05, 3.63) is 42.1 Å². The van der Waals surface area contributed by atoms with E-state index in [0.29, 0.717) is 32.4 Å². The third kappa shape index (κ3) is 9.17. The van der Waals surface area contributed by atoms with Crippen LogP contribution in [0.5, 0.6) is 0 Å². The topological polar surface area (TPSA) is 166 Å². The number of methoxy groups -OCH3 is 1. The van der Waals surface area contributed by atoms with Gasteiger partial charge in [-0.3, -0.25) is 9.78 Å². The Morgan fingerprint density at radius 2 is 1.75 bits per heavy atom. The number of ketones is 1. The van der Waals surface area contributed by atoms with Gasteiger partial charge >= 0.3 is 12.1 Å². The number of aryl methyl sites for hydroxylation is 1. The van der Waals surface area contributed by atoms with Crippen LogP contribution in [0.2, 0.25) is 0 Å². The lowest BCUT2D eigenvalue weighted by Crippen LogP contribution is -2.64. The number of aliphatic hydroxyl groups excluding tert-OH is 1. The van der Waals surface area contributed by atoms with Gasteiger partial charge in [-0.2, -0.15) is 0 Å². The monoisotopic (exact) mass is 830 g/mol. The number of amides is 1. The number of carbonyl (C=O) groups excluding carboxylic acids is 3. The van der Waals surface area contributed by atoms with Crippen molar-refractivity contribution >= 4 is 28.7 Å². The number of alkyl halides is 1. The van der Waals surface area contributed by atoms with Gasteiger partial charge in [-0.25, -0.2) is 24.0 Å². The number of hydrazine groups is 1. The van der Waals surface area contributed by atoms with Crippen molar-refractivity contribution < 1.29 is 47.6 Å². The number of rotatable bonds is 10. The van der Waals surface area contributed by atoms with Crippen molar-refractivity contribution in [3.63, 3.8) is 0 Å². The zero-order valence-corrected chi connectivity index (χ0v) is 37.0. The third-order valence-corrected chi connectivity index (χ3v) is 13.5. The van der Waals surface area contributed by atoms with Crippen LogP contribution in [0.1, 0.15) is 87.1 Å². The minimum absolute atomic E-state index is 0.213. The highest BCUT2D eigenvalue weighted by atomic mass is 19.1. The molecule has 4 heterocycles. The van der Waals surface area contributed by atoms with Gasteiger partial charge < -0.3 is 39.4 Å². The zero-order chi connectivity index (χ0) is 43.8. The summed E-state index contributed by atoms with van der Waals surface area (Å²) in [4.78, 5) is 48.8. The maximum atomic E-state index is 16.9. The first-order valence-corrected chi connectivity index (χ1v) is 21.1. The number of halogens is 1. The molecule has 3 N–H and O–H groups in total. The number of para-hydroxylation sites is 1. The van der Waals surface area contributed by atoms with Crippen LogP contribution in [-0.4, -0.2) is 143 Å².